The van der Waals surface area contributed by atoms with E-state index in [1.807, 2.05) is 48.5 Å². The third-order valence-electron chi connectivity index (χ3n) is 4.32. The van der Waals surface area contributed by atoms with E-state index in [-0.39, 0.29) is 11.8 Å². The first-order chi connectivity index (χ1) is 13.7. The fraction of sp³-hybridized carbons (Fsp3) is 0.227. The topological polar surface area (TPSA) is 73.2 Å². The number of nitrogens with zero attached hydrogens (tertiary/aromatic N) is 2. The molecule has 0 atom stereocenters. The summed E-state index contributed by atoms with van der Waals surface area (Å²) in [6, 6.07) is 17.3. The zero-order valence-electron chi connectivity index (χ0n) is 15.4. The maximum absolute atomic E-state index is 12.3. The molecular formula is C22H21N3O2S. The number of rotatable bonds is 7. The number of amides is 2. The summed E-state index contributed by atoms with van der Waals surface area (Å²) in [4.78, 5) is 26.8. The second kappa shape index (κ2) is 9.77. The molecule has 28 heavy (non-hydrogen) atoms. The molecule has 0 bridgehead atoms. The lowest BCUT2D eigenvalue weighted by atomic mass is 10.2. The molecule has 2 aromatic rings. The third-order valence-corrected chi connectivity index (χ3v) is 5.40. The van der Waals surface area contributed by atoms with Crippen molar-refractivity contribution in [1.29, 1.82) is 5.26 Å². The first-order valence-electron chi connectivity index (χ1n) is 9.15. The van der Waals surface area contributed by atoms with Crippen LogP contribution in [0.5, 0.6) is 0 Å². The summed E-state index contributed by atoms with van der Waals surface area (Å²) in [7, 11) is 0. The van der Waals surface area contributed by atoms with Crippen LogP contribution in [0.3, 0.4) is 0 Å². The van der Waals surface area contributed by atoms with E-state index in [9.17, 15) is 9.59 Å². The van der Waals surface area contributed by atoms with Gasteiger partial charge in [0.2, 0.25) is 11.8 Å². The molecule has 0 unspecified atom stereocenters. The van der Waals surface area contributed by atoms with Crippen LogP contribution in [0.4, 0.5) is 11.4 Å². The standard InChI is InChI=1S/C22H21N3O2S/c23-14-4-16-28-20-6-2-1-5-19(20)24-21(26)13-10-17-8-11-18(12-9-17)25-15-3-7-22(25)27/h1-2,5-6,8-13H,3-4,7,15-16H2,(H,24,26). The van der Waals surface area contributed by atoms with Gasteiger partial charge in [-0.25, -0.2) is 0 Å². The molecule has 0 spiro atoms. The summed E-state index contributed by atoms with van der Waals surface area (Å²) in [5, 5.41) is 11.6. The Kier molecular flexibility index (Phi) is 6.88. The molecule has 1 aliphatic rings. The quantitative estimate of drug-likeness (QED) is 0.429. The molecule has 0 aliphatic carbocycles. The lowest BCUT2D eigenvalue weighted by Gasteiger charge is -2.15. The van der Waals surface area contributed by atoms with Crippen molar-refractivity contribution in [2.75, 3.05) is 22.5 Å². The monoisotopic (exact) mass is 391 g/mol. The summed E-state index contributed by atoms with van der Waals surface area (Å²) in [5.41, 5.74) is 2.53. The van der Waals surface area contributed by atoms with Gasteiger partial charge in [0.15, 0.2) is 0 Å². The van der Waals surface area contributed by atoms with Crippen molar-refractivity contribution in [3.63, 3.8) is 0 Å². The number of para-hydroxylation sites is 1. The number of benzene rings is 2. The summed E-state index contributed by atoms with van der Waals surface area (Å²) in [6.07, 6.45) is 5.21. The minimum Gasteiger partial charge on any atom is -0.321 e. The molecule has 142 valence electrons. The van der Waals surface area contributed by atoms with Crippen molar-refractivity contribution in [3.05, 3.63) is 60.2 Å². The van der Waals surface area contributed by atoms with Gasteiger partial charge < -0.3 is 10.2 Å². The van der Waals surface area contributed by atoms with Crippen LogP contribution in [0.15, 0.2) is 59.5 Å². The first-order valence-corrected chi connectivity index (χ1v) is 10.1. The van der Waals surface area contributed by atoms with Gasteiger partial charge in [-0.2, -0.15) is 5.26 Å². The Bertz CT molecular complexity index is 916. The van der Waals surface area contributed by atoms with Gasteiger partial charge in [0, 0.05) is 41.8 Å². The SMILES string of the molecule is N#CCCSc1ccccc1NC(=O)C=Cc1ccc(N2CCCC2=O)cc1. The molecule has 0 saturated carbocycles. The fourth-order valence-electron chi connectivity index (χ4n) is 2.94. The molecule has 1 saturated heterocycles. The number of nitriles is 1. The van der Waals surface area contributed by atoms with Crippen LogP contribution in [0, 0.1) is 11.3 Å². The number of hydrogen-bond donors (Lipinski definition) is 1. The van der Waals surface area contributed by atoms with Gasteiger partial charge in [-0.05, 0) is 42.3 Å². The highest BCUT2D eigenvalue weighted by atomic mass is 32.2. The van der Waals surface area contributed by atoms with Crippen LogP contribution in [0.25, 0.3) is 6.08 Å². The Morgan fingerprint density at radius 3 is 2.71 bits per heavy atom. The van der Waals surface area contributed by atoms with Crippen LogP contribution in [-0.2, 0) is 9.59 Å². The molecular weight excluding hydrogens is 370 g/mol. The van der Waals surface area contributed by atoms with Crippen LogP contribution in [-0.4, -0.2) is 24.1 Å². The van der Waals surface area contributed by atoms with Crippen molar-refractivity contribution < 1.29 is 9.59 Å². The molecule has 3 rings (SSSR count). The van der Waals surface area contributed by atoms with Crippen molar-refractivity contribution in [1.82, 2.24) is 0 Å². The normalized spacial score (nSPS) is 13.7. The largest absolute Gasteiger partial charge is 0.321 e. The smallest absolute Gasteiger partial charge is 0.248 e. The van der Waals surface area contributed by atoms with Gasteiger partial charge in [0.1, 0.15) is 0 Å². The van der Waals surface area contributed by atoms with E-state index in [2.05, 4.69) is 11.4 Å². The van der Waals surface area contributed by atoms with Gasteiger partial charge in [0.05, 0.1) is 11.8 Å². The van der Waals surface area contributed by atoms with Gasteiger partial charge >= 0.3 is 0 Å². The first kappa shape index (κ1) is 19.7. The van der Waals surface area contributed by atoms with Crippen LogP contribution in [0.1, 0.15) is 24.8 Å². The van der Waals surface area contributed by atoms with E-state index in [1.165, 1.54) is 6.08 Å². The molecule has 0 radical (unpaired) electrons. The molecule has 1 aliphatic heterocycles. The minimum atomic E-state index is -0.216. The Labute approximate surface area is 169 Å². The van der Waals surface area contributed by atoms with Gasteiger partial charge in [-0.15, -0.1) is 11.8 Å². The lowest BCUT2D eigenvalue weighted by molar-refractivity contribution is -0.117. The maximum Gasteiger partial charge on any atom is 0.248 e. The van der Waals surface area contributed by atoms with E-state index in [4.69, 9.17) is 5.26 Å². The van der Waals surface area contributed by atoms with E-state index in [0.29, 0.717) is 18.6 Å². The highest BCUT2D eigenvalue weighted by molar-refractivity contribution is 7.99. The molecule has 5 nitrogen and oxygen atoms in total. The average molecular weight is 391 g/mol. The molecule has 0 aromatic heterocycles. The number of thioether (sulfide) groups is 1. The summed E-state index contributed by atoms with van der Waals surface area (Å²) in [5.74, 6) is 0.631. The van der Waals surface area contributed by atoms with E-state index >= 15 is 0 Å². The molecule has 1 N–H and O–H groups in total. The summed E-state index contributed by atoms with van der Waals surface area (Å²) in [6.45, 7) is 0.766. The van der Waals surface area contributed by atoms with E-state index in [1.54, 1.807) is 22.7 Å². The average Bonchev–Trinajstić information content (AvgIpc) is 3.14. The fourth-order valence-corrected chi connectivity index (χ4v) is 3.80. The van der Waals surface area contributed by atoms with Crippen LogP contribution >= 0.6 is 11.8 Å². The molecule has 1 fully saturated rings. The predicted octanol–water partition coefficient (Wildman–Crippen LogP) is 4.47. The number of anilines is 2. The van der Waals surface area contributed by atoms with Crippen molar-refractivity contribution >= 4 is 41.0 Å². The second-order valence-corrected chi connectivity index (χ2v) is 7.45. The van der Waals surface area contributed by atoms with Crippen LogP contribution in [0.2, 0.25) is 0 Å². The number of hydrogen-bond acceptors (Lipinski definition) is 4. The van der Waals surface area contributed by atoms with Crippen LogP contribution < -0.4 is 10.2 Å². The lowest BCUT2D eigenvalue weighted by Crippen LogP contribution is -2.23. The van der Waals surface area contributed by atoms with Gasteiger partial charge in [-0.1, -0.05) is 24.3 Å². The van der Waals surface area contributed by atoms with Gasteiger partial charge in [-0.3, -0.25) is 9.59 Å². The van der Waals surface area contributed by atoms with Crippen molar-refractivity contribution in [2.24, 2.45) is 0 Å². The molecule has 1 heterocycles. The highest BCUT2D eigenvalue weighted by Gasteiger charge is 2.21. The number of nitrogens with one attached hydrogen (secondary N) is 1. The number of carbonyl (C=O) groups excluding carboxylic acids is 2. The Morgan fingerprint density at radius 2 is 2.00 bits per heavy atom. The third kappa shape index (κ3) is 5.24. The second-order valence-electron chi connectivity index (χ2n) is 6.32. The zero-order chi connectivity index (χ0) is 19.8. The zero-order valence-corrected chi connectivity index (χ0v) is 16.2. The van der Waals surface area contributed by atoms with E-state index in [0.717, 1.165) is 34.8 Å². The Balaban J connectivity index is 1.60. The van der Waals surface area contributed by atoms with Crippen molar-refractivity contribution in [3.8, 4) is 6.07 Å². The number of carbonyl (C=O) groups is 2. The molecule has 6 heteroatoms. The van der Waals surface area contributed by atoms with Crippen molar-refractivity contribution in [2.45, 2.75) is 24.2 Å². The molecule has 2 amide bonds. The Hall–Kier alpha value is -3.04. The summed E-state index contributed by atoms with van der Waals surface area (Å²) < 4.78 is 0. The predicted molar refractivity (Wildman–Crippen MR) is 113 cm³/mol. The maximum atomic E-state index is 12.3. The highest BCUT2D eigenvalue weighted by Crippen LogP contribution is 2.27. The summed E-state index contributed by atoms with van der Waals surface area (Å²) >= 11 is 1.55. The minimum absolute atomic E-state index is 0.161. The Morgan fingerprint density at radius 1 is 1.21 bits per heavy atom. The molecule has 2 aromatic carbocycles. The van der Waals surface area contributed by atoms with Gasteiger partial charge in [0.25, 0.3) is 0 Å². The van der Waals surface area contributed by atoms with E-state index < -0.39 is 0 Å².